The Morgan fingerprint density at radius 3 is 2.67 bits per heavy atom. The van der Waals surface area contributed by atoms with Gasteiger partial charge in [-0.05, 0) is 41.5 Å². The summed E-state index contributed by atoms with van der Waals surface area (Å²) in [5.41, 5.74) is 6.93. The first kappa shape index (κ1) is 14.3. The van der Waals surface area contributed by atoms with Gasteiger partial charge in [0.25, 0.3) is 0 Å². The van der Waals surface area contributed by atoms with Gasteiger partial charge in [0.15, 0.2) is 5.82 Å². The molecule has 2 N–H and O–H groups in total. The van der Waals surface area contributed by atoms with Gasteiger partial charge in [-0.25, -0.2) is 13.1 Å². The number of aromatic nitrogens is 4. The Bertz CT molecular complexity index is 760. The van der Waals surface area contributed by atoms with Gasteiger partial charge >= 0.3 is 0 Å². The smallest absolute Gasteiger partial charge is 0.183 e. The van der Waals surface area contributed by atoms with Crippen molar-refractivity contribution in [2.75, 3.05) is 17.2 Å². The van der Waals surface area contributed by atoms with Crippen LogP contribution < -0.4 is 5.73 Å². The molecule has 21 heavy (non-hydrogen) atoms. The fraction of sp³-hybridized carbons (Fsp3) is 0.417. The maximum absolute atomic E-state index is 11.5. The van der Waals surface area contributed by atoms with Crippen LogP contribution in [0.4, 0.5) is 5.69 Å². The first-order valence-corrected chi connectivity index (χ1v) is 8.70. The summed E-state index contributed by atoms with van der Waals surface area (Å²) < 4.78 is 24.7. The highest BCUT2D eigenvalue weighted by Crippen LogP contribution is 2.31. The van der Waals surface area contributed by atoms with E-state index in [1.807, 2.05) is 0 Å². The van der Waals surface area contributed by atoms with E-state index in [-0.39, 0.29) is 17.5 Å². The predicted molar refractivity (Wildman–Crippen MR) is 79.6 cm³/mol. The van der Waals surface area contributed by atoms with Crippen molar-refractivity contribution in [2.45, 2.75) is 18.9 Å². The number of benzene rings is 1. The van der Waals surface area contributed by atoms with Crippen LogP contribution in [0.1, 0.15) is 18.9 Å². The van der Waals surface area contributed by atoms with Gasteiger partial charge in [-0.2, -0.15) is 0 Å². The van der Waals surface area contributed by atoms with Crippen molar-refractivity contribution < 1.29 is 8.42 Å². The molecule has 7 nitrogen and oxygen atoms in total. The van der Waals surface area contributed by atoms with Crippen LogP contribution in [0.2, 0.25) is 5.02 Å². The highest BCUT2D eigenvalue weighted by atomic mass is 35.5. The summed E-state index contributed by atoms with van der Waals surface area (Å²) in [4.78, 5) is 0. The van der Waals surface area contributed by atoms with Gasteiger partial charge in [0.1, 0.15) is 9.84 Å². The van der Waals surface area contributed by atoms with E-state index in [0.29, 0.717) is 34.9 Å². The maximum atomic E-state index is 11.5. The fourth-order valence-corrected chi connectivity index (χ4v) is 4.19. The molecule has 0 saturated carbocycles. The third-order valence-corrected chi connectivity index (χ3v) is 5.63. The summed E-state index contributed by atoms with van der Waals surface area (Å²) >= 11 is 6.19. The molecule has 3 rings (SSSR count). The Labute approximate surface area is 127 Å². The van der Waals surface area contributed by atoms with E-state index in [1.165, 1.54) is 0 Å². The molecule has 1 aliphatic rings. The number of nitrogens with zero attached hydrogens (tertiary/aromatic N) is 4. The second-order valence-corrected chi connectivity index (χ2v) is 7.78. The molecular weight excluding hydrogens is 314 g/mol. The highest BCUT2D eigenvalue weighted by molar-refractivity contribution is 7.91. The minimum Gasteiger partial charge on any atom is -0.399 e. The highest BCUT2D eigenvalue weighted by Gasteiger charge is 2.28. The zero-order chi connectivity index (χ0) is 15.0. The van der Waals surface area contributed by atoms with Crippen molar-refractivity contribution in [1.82, 2.24) is 20.2 Å². The van der Waals surface area contributed by atoms with E-state index < -0.39 is 9.84 Å². The standard InChI is InChI=1S/C12H14ClN5O2S/c13-11-7-8(14)1-2-10(11)12-15-16-17-18(12)9-3-5-21(19,20)6-4-9/h1-2,7,9H,3-6,14H2. The third kappa shape index (κ3) is 2.86. The van der Waals surface area contributed by atoms with E-state index >= 15 is 0 Å². The van der Waals surface area contributed by atoms with Crippen LogP contribution >= 0.6 is 11.6 Å². The van der Waals surface area contributed by atoms with Gasteiger partial charge < -0.3 is 5.73 Å². The molecule has 0 aliphatic carbocycles. The Morgan fingerprint density at radius 1 is 1.29 bits per heavy atom. The van der Waals surface area contributed by atoms with E-state index in [1.54, 1.807) is 22.9 Å². The number of nitrogens with two attached hydrogens (primary N) is 1. The number of tetrazole rings is 1. The summed E-state index contributed by atoms with van der Waals surface area (Å²) in [5.74, 6) is 0.850. The normalized spacial score (nSPS) is 18.7. The summed E-state index contributed by atoms with van der Waals surface area (Å²) in [6, 6.07) is 5.10. The molecule has 112 valence electrons. The number of sulfone groups is 1. The van der Waals surface area contributed by atoms with Crippen LogP contribution in [-0.4, -0.2) is 40.1 Å². The summed E-state index contributed by atoms with van der Waals surface area (Å²) in [6.45, 7) is 0. The first-order valence-electron chi connectivity index (χ1n) is 6.50. The van der Waals surface area contributed by atoms with Crippen LogP contribution in [0.5, 0.6) is 0 Å². The van der Waals surface area contributed by atoms with Crippen LogP contribution in [0.3, 0.4) is 0 Å². The van der Waals surface area contributed by atoms with Crippen molar-refractivity contribution in [3.63, 3.8) is 0 Å². The number of anilines is 1. The van der Waals surface area contributed by atoms with Crippen molar-refractivity contribution in [1.29, 1.82) is 0 Å². The summed E-state index contributed by atoms with van der Waals surface area (Å²) in [5, 5.41) is 12.2. The average molecular weight is 328 g/mol. The van der Waals surface area contributed by atoms with E-state index in [0.717, 1.165) is 0 Å². The number of halogens is 1. The monoisotopic (exact) mass is 327 g/mol. The minimum atomic E-state index is -2.92. The van der Waals surface area contributed by atoms with Gasteiger partial charge in [0, 0.05) is 11.3 Å². The first-order chi connectivity index (χ1) is 9.96. The molecule has 0 unspecified atom stereocenters. The third-order valence-electron chi connectivity index (χ3n) is 3.60. The molecule has 0 atom stereocenters. The zero-order valence-electron chi connectivity index (χ0n) is 11.1. The van der Waals surface area contributed by atoms with E-state index in [9.17, 15) is 8.42 Å². The molecule has 1 aromatic carbocycles. The van der Waals surface area contributed by atoms with Crippen molar-refractivity contribution in [3.8, 4) is 11.4 Å². The SMILES string of the molecule is Nc1ccc(-c2nnnn2C2CCS(=O)(=O)CC2)c(Cl)c1. The van der Waals surface area contributed by atoms with E-state index in [2.05, 4.69) is 15.5 Å². The average Bonchev–Trinajstić information content (AvgIpc) is 2.88. The zero-order valence-corrected chi connectivity index (χ0v) is 12.7. The van der Waals surface area contributed by atoms with Gasteiger partial charge in [0.05, 0.1) is 22.6 Å². The van der Waals surface area contributed by atoms with Gasteiger partial charge in [-0.1, -0.05) is 11.6 Å². The topological polar surface area (TPSA) is 104 Å². The molecular formula is C12H14ClN5O2S. The predicted octanol–water partition coefficient (Wildman–Crippen LogP) is 1.33. The van der Waals surface area contributed by atoms with Crippen LogP contribution in [0.25, 0.3) is 11.4 Å². The molecule has 1 aliphatic heterocycles. The number of hydrogen-bond donors (Lipinski definition) is 1. The summed E-state index contributed by atoms with van der Waals surface area (Å²) in [7, 11) is -2.92. The van der Waals surface area contributed by atoms with Gasteiger partial charge in [-0.15, -0.1) is 5.10 Å². The Hall–Kier alpha value is -1.67. The molecule has 1 saturated heterocycles. The molecule has 9 heteroatoms. The van der Waals surface area contributed by atoms with Crippen molar-refractivity contribution in [3.05, 3.63) is 23.2 Å². The molecule has 2 heterocycles. The Kier molecular flexibility index (Phi) is 3.58. The lowest BCUT2D eigenvalue weighted by molar-refractivity contribution is 0.408. The second kappa shape index (κ2) is 5.27. The lowest BCUT2D eigenvalue weighted by atomic mass is 10.1. The number of hydrogen-bond acceptors (Lipinski definition) is 6. The largest absolute Gasteiger partial charge is 0.399 e. The van der Waals surface area contributed by atoms with Gasteiger partial charge in [0.2, 0.25) is 0 Å². The lowest BCUT2D eigenvalue weighted by Crippen LogP contribution is -2.26. The molecule has 1 fully saturated rings. The molecule has 1 aromatic heterocycles. The minimum absolute atomic E-state index is 0.0351. The summed E-state index contributed by atoms with van der Waals surface area (Å²) in [6.07, 6.45) is 1.01. The number of nitrogen functional groups attached to an aromatic ring is 1. The van der Waals surface area contributed by atoms with Gasteiger partial charge in [-0.3, -0.25) is 0 Å². The molecule has 2 aromatic rings. The fourth-order valence-electron chi connectivity index (χ4n) is 2.45. The second-order valence-electron chi connectivity index (χ2n) is 5.07. The molecule has 0 radical (unpaired) electrons. The quantitative estimate of drug-likeness (QED) is 0.834. The Balaban J connectivity index is 1.94. The Morgan fingerprint density at radius 2 is 2.00 bits per heavy atom. The molecule has 0 spiro atoms. The molecule has 0 amide bonds. The number of rotatable bonds is 2. The van der Waals surface area contributed by atoms with Crippen LogP contribution in [0, 0.1) is 0 Å². The lowest BCUT2D eigenvalue weighted by Gasteiger charge is -2.22. The van der Waals surface area contributed by atoms with Crippen LogP contribution in [0.15, 0.2) is 18.2 Å². The van der Waals surface area contributed by atoms with Crippen molar-refractivity contribution in [2.24, 2.45) is 0 Å². The molecule has 0 bridgehead atoms. The van der Waals surface area contributed by atoms with Crippen LogP contribution in [-0.2, 0) is 9.84 Å². The van der Waals surface area contributed by atoms with Crippen molar-refractivity contribution >= 4 is 27.1 Å². The van der Waals surface area contributed by atoms with E-state index in [4.69, 9.17) is 17.3 Å². The maximum Gasteiger partial charge on any atom is 0.183 e.